The van der Waals surface area contributed by atoms with Crippen molar-refractivity contribution in [3.63, 3.8) is 0 Å². The number of hydrogen-bond acceptors (Lipinski definition) is 4. The van der Waals surface area contributed by atoms with E-state index in [4.69, 9.17) is 55.9 Å². The maximum absolute atomic E-state index is 10.6. The van der Waals surface area contributed by atoms with Crippen LogP contribution < -0.4 is 4.74 Å². The second kappa shape index (κ2) is 8.60. The summed E-state index contributed by atoms with van der Waals surface area (Å²) in [6.45, 7) is 0.131. The molecule has 1 spiro atoms. The van der Waals surface area contributed by atoms with Crippen LogP contribution in [-0.2, 0) is 16.9 Å². The minimum absolute atomic E-state index is 0.0878. The fourth-order valence-corrected chi connectivity index (χ4v) is 8.67. The summed E-state index contributed by atoms with van der Waals surface area (Å²) in [6.07, 6.45) is 0. The Balaban J connectivity index is 2.02. The average Bonchev–Trinajstić information content (AvgIpc) is 3.16. The van der Waals surface area contributed by atoms with Crippen LogP contribution in [-0.4, -0.2) is 10.2 Å². The van der Waals surface area contributed by atoms with Gasteiger partial charge in [0.05, 0.1) is 41.0 Å². The van der Waals surface area contributed by atoms with Gasteiger partial charge >= 0.3 is 0 Å². The minimum atomic E-state index is -1.24. The van der Waals surface area contributed by atoms with Crippen LogP contribution in [0.25, 0.3) is 0 Å². The first kappa shape index (κ1) is 24.8. The van der Waals surface area contributed by atoms with Gasteiger partial charge in [-0.3, -0.25) is 0 Å². The first-order valence-corrected chi connectivity index (χ1v) is 14.4. The normalized spacial score (nSPS) is 15.4. The fourth-order valence-electron chi connectivity index (χ4n) is 4.01. The lowest BCUT2D eigenvalue weighted by Crippen LogP contribution is -2.33. The van der Waals surface area contributed by atoms with Crippen LogP contribution in [0, 0.1) is 14.3 Å². The summed E-state index contributed by atoms with van der Waals surface area (Å²) in [6, 6.07) is 3.59. The van der Waals surface area contributed by atoms with Crippen LogP contribution in [0.4, 0.5) is 0 Å². The van der Waals surface area contributed by atoms with E-state index in [0.717, 1.165) is 0 Å². The Hall–Kier alpha value is 1.10. The Morgan fingerprint density at radius 2 is 1.22 bits per heavy atom. The van der Waals surface area contributed by atoms with E-state index in [2.05, 4.69) is 45.2 Å². The Kier molecular flexibility index (Phi) is 6.66. The highest BCUT2D eigenvalue weighted by molar-refractivity contribution is 14.1. The maximum atomic E-state index is 10.6. The quantitative estimate of drug-likeness (QED) is 0.134. The first-order chi connectivity index (χ1) is 15.0. The van der Waals surface area contributed by atoms with Crippen molar-refractivity contribution in [2.45, 2.75) is 12.2 Å². The smallest absolute Gasteiger partial charge is 0.153 e. The van der Waals surface area contributed by atoms with Crippen LogP contribution in [0.15, 0.2) is 12.1 Å². The predicted octanol–water partition coefficient (Wildman–Crippen LogP) is 9.06. The van der Waals surface area contributed by atoms with E-state index in [1.54, 1.807) is 12.1 Å². The van der Waals surface area contributed by atoms with Crippen molar-refractivity contribution in [1.82, 2.24) is 0 Å². The largest absolute Gasteiger partial charge is 0.506 e. The second-order valence-electron chi connectivity index (χ2n) is 6.98. The summed E-state index contributed by atoms with van der Waals surface area (Å²) in [5.41, 5.74) is 1.24. The predicted molar refractivity (Wildman–Crippen MR) is 158 cm³/mol. The summed E-state index contributed by atoms with van der Waals surface area (Å²) >= 11 is 34.4. The number of hydrogen-bond donors (Lipinski definition) is 2. The van der Waals surface area contributed by atoms with Crippen molar-refractivity contribution < 1.29 is 19.7 Å². The van der Waals surface area contributed by atoms with Crippen molar-refractivity contribution in [3.8, 4) is 23.0 Å². The van der Waals surface area contributed by atoms with Crippen molar-refractivity contribution in [2.24, 2.45) is 0 Å². The molecule has 0 unspecified atom stereocenters. The van der Waals surface area contributed by atoms with Gasteiger partial charge in [-0.25, -0.2) is 0 Å². The van der Waals surface area contributed by atoms with E-state index in [-0.39, 0.29) is 38.2 Å². The summed E-state index contributed by atoms with van der Waals surface area (Å²) in [4.78, 5) is 0. The zero-order valence-corrected chi connectivity index (χ0v) is 26.8. The molecular formula is C20H6Cl4I4O4. The van der Waals surface area contributed by atoms with Gasteiger partial charge in [-0.2, -0.15) is 0 Å². The molecule has 3 aromatic rings. The zero-order valence-electron chi connectivity index (χ0n) is 15.1. The van der Waals surface area contributed by atoms with E-state index in [0.29, 0.717) is 48.0 Å². The Morgan fingerprint density at radius 1 is 0.750 bits per heavy atom. The molecule has 5 rings (SSSR count). The summed E-state index contributed by atoms with van der Waals surface area (Å²) in [7, 11) is 0. The molecule has 3 aromatic carbocycles. The number of aromatic hydroxyl groups is 2. The second-order valence-corrected chi connectivity index (χ2v) is 13.0. The van der Waals surface area contributed by atoms with E-state index in [1.807, 2.05) is 45.2 Å². The van der Waals surface area contributed by atoms with E-state index >= 15 is 0 Å². The van der Waals surface area contributed by atoms with Gasteiger partial charge in [0.25, 0.3) is 0 Å². The Bertz CT molecular complexity index is 1320. The third-order valence-electron chi connectivity index (χ3n) is 5.41. The number of benzene rings is 3. The molecule has 4 nitrogen and oxygen atoms in total. The SMILES string of the molecule is Oc1c(I)cc2c(c1I)Oc1c(cc(I)c(O)c1I)C21OCc2c(Cl)c(Cl)c(Cl)c(Cl)c21. The van der Waals surface area contributed by atoms with Gasteiger partial charge in [0, 0.05) is 22.3 Å². The van der Waals surface area contributed by atoms with Gasteiger partial charge in [-0.1, -0.05) is 46.4 Å². The summed E-state index contributed by atoms with van der Waals surface area (Å²) < 4.78 is 15.0. The molecule has 0 amide bonds. The number of ether oxygens (including phenoxy) is 2. The summed E-state index contributed by atoms with van der Waals surface area (Å²) in [5.74, 6) is 0.982. The lowest BCUT2D eigenvalue weighted by atomic mass is 9.77. The molecule has 12 heteroatoms. The van der Waals surface area contributed by atoms with Crippen LogP contribution >= 0.6 is 137 Å². The third-order valence-corrected chi connectivity index (χ3v) is 10.9. The molecule has 2 N–H and O–H groups in total. The molecule has 0 saturated carbocycles. The fraction of sp³-hybridized carbons (Fsp3) is 0.100. The maximum Gasteiger partial charge on any atom is 0.153 e. The van der Waals surface area contributed by atoms with Gasteiger partial charge in [0.15, 0.2) is 17.1 Å². The van der Waals surface area contributed by atoms with E-state index in [1.165, 1.54) is 0 Å². The Morgan fingerprint density at radius 3 is 1.72 bits per heavy atom. The van der Waals surface area contributed by atoms with Crippen molar-refractivity contribution in [3.05, 3.63) is 68.8 Å². The molecule has 0 atom stereocenters. The highest BCUT2D eigenvalue weighted by Gasteiger charge is 2.54. The monoisotopic (exact) mass is 958 g/mol. The van der Waals surface area contributed by atoms with Crippen LogP contribution in [0.3, 0.4) is 0 Å². The molecule has 2 aliphatic rings. The highest BCUT2D eigenvalue weighted by Crippen LogP contribution is 2.63. The van der Waals surface area contributed by atoms with E-state index in [9.17, 15) is 10.2 Å². The average molecular weight is 960 g/mol. The molecule has 2 heterocycles. The van der Waals surface area contributed by atoms with Crippen molar-refractivity contribution in [2.75, 3.05) is 0 Å². The van der Waals surface area contributed by atoms with Crippen molar-refractivity contribution in [1.29, 1.82) is 0 Å². The summed E-state index contributed by atoms with van der Waals surface area (Å²) in [5, 5.41) is 22.0. The van der Waals surface area contributed by atoms with Gasteiger partial charge in [0.2, 0.25) is 0 Å². The molecular weight excluding hydrogens is 954 g/mol. The molecule has 2 aliphatic heterocycles. The van der Waals surface area contributed by atoms with E-state index < -0.39 is 5.60 Å². The number of rotatable bonds is 0. The minimum Gasteiger partial charge on any atom is -0.506 e. The van der Waals surface area contributed by atoms with Gasteiger partial charge in [-0.15, -0.1) is 0 Å². The molecule has 0 radical (unpaired) electrons. The van der Waals surface area contributed by atoms with Crippen LogP contribution in [0.5, 0.6) is 23.0 Å². The van der Waals surface area contributed by atoms with Crippen LogP contribution in [0.1, 0.15) is 22.3 Å². The topological polar surface area (TPSA) is 58.9 Å². The highest BCUT2D eigenvalue weighted by atomic mass is 127. The number of phenolic OH excluding ortho intramolecular Hbond substituents is 2. The van der Waals surface area contributed by atoms with Gasteiger partial charge in [0.1, 0.15) is 11.5 Å². The number of halogens is 8. The molecule has 166 valence electrons. The standard InChI is InChI=1S/C20H6Cl4I4O4/c21-10-4-3-31-20(9(4)11(22)13(24)12(10)23)5-1-7(25)16(29)14(27)18(5)32-19-6(20)2-8(26)17(30)15(19)28/h1-2,29-30H,3H2. The molecule has 0 fully saturated rings. The lowest BCUT2D eigenvalue weighted by molar-refractivity contribution is 0.0195. The molecule has 0 aliphatic carbocycles. The lowest BCUT2D eigenvalue weighted by Gasteiger charge is -2.39. The van der Waals surface area contributed by atoms with Crippen LogP contribution in [0.2, 0.25) is 20.1 Å². The Labute approximate surface area is 256 Å². The molecule has 0 bridgehead atoms. The first-order valence-electron chi connectivity index (χ1n) is 8.62. The number of phenols is 2. The van der Waals surface area contributed by atoms with Gasteiger partial charge in [-0.05, 0) is 102 Å². The zero-order chi connectivity index (χ0) is 23.3. The van der Waals surface area contributed by atoms with Crippen molar-refractivity contribution >= 4 is 137 Å². The molecule has 0 saturated heterocycles. The number of fused-ring (bicyclic) bond motifs is 6. The molecule has 0 aromatic heterocycles. The molecule has 32 heavy (non-hydrogen) atoms. The third kappa shape index (κ3) is 3.25. The van der Waals surface area contributed by atoms with Gasteiger partial charge < -0.3 is 19.7 Å².